The Balaban J connectivity index is 2.54. The highest BCUT2D eigenvalue weighted by Gasteiger charge is 2.35. The lowest BCUT2D eigenvalue weighted by molar-refractivity contribution is -0.137. The number of nitrogen functional groups attached to an aromatic ring is 1. The van der Waals surface area contributed by atoms with Gasteiger partial charge in [0.25, 0.3) is 0 Å². The molecule has 0 atom stereocenters. The van der Waals surface area contributed by atoms with E-state index in [1.54, 1.807) is 0 Å². The molecule has 0 aliphatic carbocycles. The largest absolute Gasteiger partial charge is 0.417 e. The normalized spacial score (nSPS) is 11.6. The van der Waals surface area contributed by atoms with Crippen molar-refractivity contribution in [3.05, 3.63) is 47.2 Å². The summed E-state index contributed by atoms with van der Waals surface area (Å²) in [6.45, 7) is 0. The third kappa shape index (κ3) is 2.31. The summed E-state index contributed by atoms with van der Waals surface area (Å²) in [5.41, 5.74) is 4.14. The topological polar surface area (TPSA) is 60.9 Å². The van der Waals surface area contributed by atoms with Crippen LogP contribution >= 0.6 is 0 Å². The highest BCUT2D eigenvalue weighted by molar-refractivity contribution is 6.12. The third-order valence-corrected chi connectivity index (χ3v) is 2.71. The second kappa shape index (κ2) is 4.42. The van der Waals surface area contributed by atoms with Gasteiger partial charge in [-0.3, -0.25) is 9.48 Å². The van der Waals surface area contributed by atoms with Gasteiger partial charge in [0.2, 0.25) is 0 Å². The molecular formula is C12H10F3N3O. The van der Waals surface area contributed by atoms with Gasteiger partial charge >= 0.3 is 6.18 Å². The molecule has 0 saturated carbocycles. The first kappa shape index (κ1) is 13.1. The number of nitrogens with zero attached hydrogens (tertiary/aromatic N) is 2. The van der Waals surface area contributed by atoms with Gasteiger partial charge < -0.3 is 5.73 Å². The molecule has 0 unspecified atom stereocenters. The average molecular weight is 269 g/mol. The number of anilines is 1. The van der Waals surface area contributed by atoms with Crippen LogP contribution in [0.15, 0.2) is 30.5 Å². The Kier molecular flexibility index (Phi) is 3.05. The third-order valence-electron chi connectivity index (χ3n) is 2.71. The Morgan fingerprint density at radius 3 is 2.42 bits per heavy atom. The maximum Gasteiger partial charge on any atom is 0.417 e. The van der Waals surface area contributed by atoms with Crippen LogP contribution in [0.2, 0.25) is 0 Å². The van der Waals surface area contributed by atoms with E-state index >= 15 is 0 Å². The number of hydrogen-bond donors (Lipinski definition) is 1. The van der Waals surface area contributed by atoms with E-state index in [-0.39, 0.29) is 11.4 Å². The van der Waals surface area contributed by atoms with Crippen molar-refractivity contribution in [2.24, 2.45) is 7.05 Å². The van der Waals surface area contributed by atoms with Crippen molar-refractivity contribution in [1.82, 2.24) is 9.78 Å². The van der Waals surface area contributed by atoms with Crippen LogP contribution in [0.5, 0.6) is 0 Å². The first-order valence-electron chi connectivity index (χ1n) is 5.30. The Morgan fingerprint density at radius 2 is 1.89 bits per heavy atom. The summed E-state index contributed by atoms with van der Waals surface area (Å²) in [7, 11) is 1.50. The zero-order chi connectivity index (χ0) is 14.2. The van der Waals surface area contributed by atoms with E-state index in [2.05, 4.69) is 5.10 Å². The van der Waals surface area contributed by atoms with E-state index in [1.807, 2.05) is 0 Å². The summed E-state index contributed by atoms with van der Waals surface area (Å²) in [5, 5.41) is 3.74. The maximum atomic E-state index is 12.8. The van der Waals surface area contributed by atoms with Crippen LogP contribution in [-0.4, -0.2) is 15.6 Å². The van der Waals surface area contributed by atoms with Gasteiger partial charge in [-0.2, -0.15) is 18.3 Å². The summed E-state index contributed by atoms with van der Waals surface area (Å²) in [6, 6.07) is 4.58. The maximum absolute atomic E-state index is 12.8. The second-order valence-corrected chi connectivity index (χ2v) is 3.94. The van der Waals surface area contributed by atoms with Crippen LogP contribution in [-0.2, 0) is 13.2 Å². The minimum Gasteiger partial charge on any atom is -0.383 e. The Labute approximate surface area is 106 Å². The molecular weight excluding hydrogens is 259 g/mol. The van der Waals surface area contributed by atoms with Crippen molar-refractivity contribution in [3.8, 4) is 0 Å². The first-order chi connectivity index (χ1) is 8.82. The predicted octanol–water partition coefficient (Wildman–Crippen LogP) is 2.25. The highest BCUT2D eigenvalue weighted by atomic mass is 19.4. The molecule has 0 bridgehead atoms. The molecule has 0 aliphatic rings. The number of rotatable bonds is 2. The highest BCUT2D eigenvalue weighted by Crippen LogP contribution is 2.33. The zero-order valence-electron chi connectivity index (χ0n) is 9.90. The summed E-state index contributed by atoms with van der Waals surface area (Å²) >= 11 is 0. The van der Waals surface area contributed by atoms with Gasteiger partial charge in [0.05, 0.1) is 17.3 Å². The molecule has 1 aromatic heterocycles. The number of aromatic nitrogens is 2. The number of hydrogen-bond acceptors (Lipinski definition) is 3. The summed E-state index contributed by atoms with van der Waals surface area (Å²) in [5.74, 6) is -0.763. The number of alkyl halides is 3. The van der Waals surface area contributed by atoms with E-state index in [0.29, 0.717) is 0 Å². The summed E-state index contributed by atoms with van der Waals surface area (Å²) in [4.78, 5) is 12.1. The Bertz CT molecular complexity index is 631. The average Bonchev–Trinajstić information content (AvgIpc) is 2.68. The Morgan fingerprint density at radius 1 is 1.26 bits per heavy atom. The van der Waals surface area contributed by atoms with E-state index in [4.69, 9.17) is 5.73 Å². The summed E-state index contributed by atoms with van der Waals surface area (Å²) < 4.78 is 39.7. The van der Waals surface area contributed by atoms with Gasteiger partial charge in [0.15, 0.2) is 5.78 Å². The van der Waals surface area contributed by atoms with Crippen LogP contribution in [0.3, 0.4) is 0 Å². The van der Waals surface area contributed by atoms with Crippen molar-refractivity contribution in [3.63, 3.8) is 0 Å². The van der Waals surface area contributed by atoms with Crippen LogP contribution in [0.1, 0.15) is 21.5 Å². The Hall–Kier alpha value is -2.31. The van der Waals surface area contributed by atoms with E-state index in [0.717, 1.165) is 18.3 Å². The molecule has 0 amide bonds. The van der Waals surface area contributed by atoms with E-state index in [9.17, 15) is 18.0 Å². The fourth-order valence-corrected chi connectivity index (χ4v) is 1.70. The molecule has 7 heteroatoms. The fraction of sp³-hybridized carbons (Fsp3) is 0.167. The minimum atomic E-state index is -4.59. The fourth-order valence-electron chi connectivity index (χ4n) is 1.70. The molecule has 2 N–H and O–H groups in total. The molecule has 4 nitrogen and oxygen atoms in total. The number of carbonyl (C=O) groups excluding carboxylic acids is 1. The van der Waals surface area contributed by atoms with Crippen molar-refractivity contribution in [2.75, 3.05) is 5.73 Å². The standard InChI is InChI=1S/C12H10F3N3O/c1-18-11(16)8(6-17-18)10(19)7-4-2-3-5-9(7)12(13,14)15/h2-6H,16H2,1H3. The molecule has 2 rings (SSSR count). The van der Waals surface area contributed by atoms with Gasteiger partial charge in [0.1, 0.15) is 5.82 Å². The van der Waals surface area contributed by atoms with E-state index in [1.165, 1.54) is 23.9 Å². The molecule has 0 radical (unpaired) electrons. The lowest BCUT2D eigenvalue weighted by Gasteiger charge is -2.11. The molecule has 100 valence electrons. The lowest BCUT2D eigenvalue weighted by Crippen LogP contribution is -2.14. The van der Waals surface area contributed by atoms with Gasteiger partial charge in [0, 0.05) is 12.6 Å². The van der Waals surface area contributed by atoms with Gasteiger partial charge in [-0.15, -0.1) is 0 Å². The van der Waals surface area contributed by atoms with Crippen LogP contribution in [0.25, 0.3) is 0 Å². The number of aryl methyl sites for hydroxylation is 1. The smallest absolute Gasteiger partial charge is 0.383 e. The van der Waals surface area contributed by atoms with Crippen LogP contribution in [0, 0.1) is 0 Å². The first-order valence-corrected chi connectivity index (χ1v) is 5.30. The molecule has 1 heterocycles. The minimum absolute atomic E-state index is 0.0296. The molecule has 1 aromatic carbocycles. The SMILES string of the molecule is Cn1ncc(C(=O)c2ccccc2C(F)(F)F)c1N. The molecule has 0 spiro atoms. The van der Waals surface area contributed by atoms with Gasteiger partial charge in [-0.05, 0) is 6.07 Å². The molecule has 19 heavy (non-hydrogen) atoms. The van der Waals surface area contributed by atoms with Crippen molar-refractivity contribution >= 4 is 11.6 Å². The second-order valence-electron chi connectivity index (χ2n) is 3.94. The number of ketones is 1. The van der Waals surface area contributed by atoms with Crippen molar-refractivity contribution < 1.29 is 18.0 Å². The lowest BCUT2D eigenvalue weighted by atomic mass is 9.99. The van der Waals surface area contributed by atoms with Gasteiger partial charge in [-0.25, -0.2) is 0 Å². The number of benzene rings is 1. The predicted molar refractivity (Wildman–Crippen MR) is 62.5 cm³/mol. The zero-order valence-corrected chi connectivity index (χ0v) is 9.90. The van der Waals surface area contributed by atoms with Crippen molar-refractivity contribution in [1.29, 1.82) is 0 Å². The number of halogens is 3. The molecule has 2 aromatic rings. The molecule has 0 aliphatic heterocycles. The van der Waals surface area contributed by atoms with Crippen LogP contribution < -0.4 is 5.73 Å². The van der Waals surface area contributed by atoms with Gasteiger partial charge in [-0.1, -0.05) is 18.2 Å². The number of carbonyl (C=O) groups is 1. The number of nitrogens with two attached hydrogens (primary N) is 1. The summed E-state index contributed by atoms with van der Waals surface area (Å²) in [6.07, 6.45) is -3.44. The molecule has 0 fully saturated rings. The van der Waals surface area contributed by atoms with Crippen LogP contribution in [0.4, 0.5) is 19.0 Å². The quantitative estimate of drug-likeness (QED) is 0.850. The monoisotopic (exact) mass is 269 g/mol. The molecule has 0 saturated heterocycles. The van der Waals surface area contributed by atoms with E-state index < -0.39 is 23.1 Å². The van der Waals surface area contributed by atoms with Crippen molar-refractivity contribution in [2.45, 2.75) is 6.18 Å².